The normalized spacial score (nSPS) is 32.0. The summed E-state index contributed by atoms with van der Waals surface area (Å²) in [6.45, 7) is 11.1. The Hall–Kier alpha value is -1.85. The average Bonchev–Trinajstić information content (AvgIpc) is 3.16. The highest BCUT2D eigenvalue weighted by atomic mass is 16.5. The lowest BCUT2D eigenvalue weighted by Crippen LogP contribution is -2.47. The number of hydrogen-bond donors (Lipinski definition) is 2. The van der Waals surface area contributed by atoms with Gasteiger partial charge < -0.3 is 15.8 Å². The Morgan fingerprint density at radius 2 is 1.85 bits per heavy atom. The highest BCUT2D eigenvalue weighted by Gasteiger charge is 2.41. The lowest BCUT2D eigenvalue weighted by atomic mass is 9.78. The number of nitrogens with zero attached hydrogens (tertiary/aromatic N) is 1. The molecule has 3 atom stereocenters. The van der Waals surface area contributed by atoms with Gasteiger partial charge in [0.25, 0.3) is 5.91 Å². The zero-order chi connectivity index (χ0) is 24.2. The first-order valence-electron chi connectivity index (χ1n) is 13.1. The SMILES string of the molecule is CCOC(=O)C1CCC(=NC2CCCCC2)C(=C(N)C(=O)NC2(C)CCC(C(C)(C)C)C2)C1. The number of nitrogens with one attached hydrogen (secondary N) is 1. The van der Waals surface area contributed by atoms with Crippen molar-refractivity contribution in [3.8, 4) is 0 Å². The number of allylic oxidation sites excluding steroid dienone is 1. The van der Waals surface area contributed by atoms with Crippen molar-refractivity contribution in [1.29, 1.82) is 0 Å². The maximum Gasteiger partial charge on any atom is 0.309 e. The second-order valence-corrected chi connectivity index (χ2v) is 11.8. The van der Waals surface area contributed by atoms with Gasteiger partial charge in [0, 0.05) is 16.8 Å². The van der Waals surface area contributed by atoms with Crippen LogP contribution in [0.15, 0.2) is 16.3 Å². The molecule has 3 fully saturated rings. The molecule has 0 saturated heterocycles. The van der Waals surface area contributed by atoms with Crippen molar-refractivity contribution in [3.63, 3.8) is 0 Å². The van der Waals surface area contributed by atoms with Gasteiger partial charge in [0.15, 0.2) is 0 Å². The molecule has 0 bridgehead atoms. The van der Waals surface area contributed by atoms with Gasteiger partial charge in [-0.05, 0) is 76.5 Å². The lowest BCUT2D eigenvalue weighted by Gasteiger charge is -2.31. The van der Waals surface area contributed by atoms with E-state index in [1.165, 1.54) is 19.3 Å². The fourth-order valence-electron chi connectivity index (χ4n) is 5.80. The molecule has 3 N–H and O–H groups in total. The maximum absolute atomic E-state index is 13.3. The first kappa shape index (κ1) is 25.8. The number of carbonyl (C=O) groups excluding carboxylic acids is 2. The molecular formula is C27H45N3O3. The van der Waals surface area contributed by atoms with Gasteiger partial charge in [-0.1, -0.05) is 40.0 Å². The average molecular weight is 460 g/mol. The summed E-state index contributed by atoms with van der Waals surface area (Å²) >= 11 is 0. The number of aliphatic imine (C=N–C) groups is 1. The molecule has 186 valence electrons. The molecule has 0 heterocycles. The summed E-state index contributed by atoms with van der Waals surface area (Å²) in [6, 6.07) is 0.304. The van der Waals surface area contributed by atoms with Gasteiger partial charge in [0.2, 0.25) is 0 Å². The summed E-state index contributed by atoms with van der Waals surface area (Å²) in [7, 11) is 0. The third kappa shape index (κ3) is 6.60. The van der Waals surface area contributed by atoms with Crippen molar-refractivity contribution in [2.75, 3.05) is 6.61 Å². The second kappa shape index (κ2) is 10.6. The van der Waals surface area contributed by atoms with Crippen molar-refractivity contribution in [2.45, 2.75) is 117 Å². The molecule has 0 spiro atoms. The molecule has 3 aliphatic rings. The van der Waals surface area contributed by atoms with E-state index < -0.39 is 0 Å². The summed E-state index contributed by atoms with van der Waals surface area (Å²) in [4.78, 5) is 30.9. The van der Waals surface area contributed by atoms with Gasteiger partial charge in [-0.2, -0.15) is 0 Å². The van der Waals surface area contributed by atoms with Crippen LogP contribution in [-0.4, -0.2) is 35.8 Å². The van der Waals surface area contributed by atoms with E-state index in [0.29, 0.717) is 37.8 Å². The van der Waals surface area contributed by atoms with Gasteiger partial charge in [-0.25, -0.2) is 0 Å². The molecule has 1 amide bonds. The Morgan fingerprint density at radius 1 is 1.15 bits per heavy atom. The van der Waals surface area contributed by atoms with E-state index in [-0.39, 0.29) is 34.4 Å². The Kier molecular flexibility index (Phi) is 8.28. The summed E-state index contributed by atoms with van der Waals surface area (Å²) in [6.07, 6.45) is 10.7. The summed E-state index contributed by atoms with van der Waals surface area (Å²) < 4.78 is 5.28. The zero-order valence-electron chi connectivity index (χ0n) is 21.5. The fourth-order valence-corrected chi connectivity index (χ4v) is 5.80. The third-order valence-corrected chi connectivity index (χ3v) is 8.01. The highest BCUT2D eigenvalue weighted by Crippen LogP contribution is 2.44. The predicted octanol–water partition coefficient (Wildman–Crippen LogP) is 5.06. The van der Waals surface area contributed by atoms with E-state index in [9.17, 15) is 9.59 Å². The number of esters is 1. The molecule has 0 aromatic carbocycles. The number of rotatable bonds is 5. The molecule has 0 aliphatic heterocycles. The van der Waals surface area contributed by atoms with Gasteiger partial charge in [-0.15, -0.1) is 0 Å². The van der Waals surface area contributed by atoms with Gasteiger partial charge >= 0.3 is 5.97 Å². The molecule has 6 heteroatoms. The first-order valence-corrected chi connectivity index (χ1v) is 13.1. The van der Waals surface area contributed by atoms with Crippen LogP contribution in [-0.2, 0) is 14.3 Å². The standard InChI is InChI=1S/C27H45N3O3/c1-6-33-25(32)18-12-13-22(29-20-10-8-7-9-11-20)21(16-18)23(28)24(31)30-27(5)15-14-19(17-27)26(2,3)4/h18-20H,6-17,28H2,1-5H3,(H,30,31). The minimum Gasteiger partial charge on any atom is -0.466 e. The number of carbonyl (C=O) groups is 2. The zero-order valence-corrected chi connectivity index (χ0v) is 21.5. The van der Waals surface area contributed by atoms with Crippen molar-refractivity contribution in [1.82, 2.24) is 5.32 Å². The van der Waals surface area contributed by atoms with Crippen molar-refractivity contribution >= 4 is 17.6 Å². The largest absolute Gasteiger partial charge is 0.466 e. The van der Waals surface area contributed by atoms with E-state index in [1.807, 2.05) is 6.92 Å². The van der Waals surface area contributed by atoms with Crippen LogP contribution in [0.5, 0.6) is 0 Å². The van der Waals surface area contributed by atoms with Crippen LogP contribution in [0.25, 0.3) is 0 Å². The van der Waals surface area contributed by atoms with E-state index in [2.05, 4.69) is 33.0 Å². The third-order valence-electron chi connectivity index (χ3n) is 8.01. The monoisotopic (exact) mass is 459 g/mol. The summed E-state index contributed by atoms with van der Waals surface area (Å²) in [5.74, 6) is -0.106. The molecule has 33 heavy (non-hydrogen) atoms. The summed E-state index contributed by atoms with van der Waals surface area (Å²) in [5.41, 5.74) is 8.41. The van der Waals surface area contributed by atoms with Crippen LogP contribution >= 0.6 is 0 Å². The van der Waals surface area contributed by atoms with Crippen LogP contribution < -0.4 is 11.1 Å². The maximum atomic E-state index is 13.3. The highest BCUT2D eigenvalue weighted by molar-refractivity contribution is 6.09. The minimum absolute atomic E-state index is 0.198. The van der Waals surface area contributed by atoms with Gasteiger partial charge in [0.1, 0.15) is 5.70 Å². The fraction of sp³-hybridized carbons (Fsp3) is 0.815. The molecule has 0 radical (unpaired) electrons. The molecule has 6 nitrogen and oxygen atoms in total. The van der Waals surface area contributed by atoms with Crippen LogP contribution in [0.3, 0.4) is 0 Å². The van der Waals surface area contributed by atoms with Crippen LogP contribution in [0, 0.1) is 17.3 Å². The lowest BCUT2D eigenvalue weighted by molar-refractivity contribution is -0.148. The van der Waals surface area contributed by atoms with E-state index in [1.54, 1.807) is 0 Å². The molecule has 3 unspecified atom stereocenters. The smallest absolute Gasteiger partial charge is 0.309 e. The topological polar surface area (TPSA) is 93.8 Å². The van der Waals surface area contributed by atoms with Crippen LogP contribution in [0.4, 0.5) is 0 Å². The van der Waals surface area contributed by atoms with E-state index in [4.69, 9.17) is 15.5 Å². The second-order valence-electron chi connectivity index (χ2n) is 11.8. The molecule has 3 aliphatic carbocycles. The van der Waals surface area contributed by atoms with Crippen molar-refractivity contribution in [2.24, 2.45) is 28.0 Å². The number of nitrogens with two attached hydrogens (primary N) is 1. The molecule has 3 rings (SSSR count). The minimum atomic E-state index is -0.260. The Morgan fingerprint density at radius 3 is 2.45 bits per heavy atom. The molecule has 3 saturated carbocycles. The van der Waals surface area contributed by atoms with Gasteiger partial charge in [0.05, 0.1) is 18.6 Å². The Balaban J connectivity index is 1.81. The molecule has 0 aromatic rings. The quantitative estimate of drug-likeness (QED) is 0.444. The van der Waals surface area contributed by atoms with Crippen molar-refractivity contribution < 1.29 is 14.3 Å². The Bertz CT molecular complexity index is 789. The Labute approximate surface area is 200 Å². The van der Waals surface area contributed by atoms with Crippen LogP contribution in [0.1, 0.15) is 105 Å². The van der Waals surface area contributed by atoms with E-state index in [0.717, 1.165) is 43.4 Å². The van der Waals surface area contributed by atoms with Crippen LogP contribution in [0.2, 0.25) is 0 Å². The molecule has 0 aromatic heterocycles. The first-order chi connectivity index (χ1) is 15.5. The number of amides is 1. The number of hydrogen-bond acceptors (Lipinski definition) is 5. The number of ether oxygens (including phenoxy) is 1. The predicted molar refractivity (Wildman–Crippen MR) is 133 cm³/mol. The van der Waals surface area contributed by atoms with Gasteiger partial charge in [-0.3, -0.25) is 14.6 Å². The molecular weight excluding hydrogens is 414 g/mol. The van der Waals surface area contributed by atoms with E-state index >= 15 is 0 Å². The summed E-state index contributed by atoms with van der Waals surface area (Å²) in [5, 5.41) is 3.25. The van der Waals surface area contributed by atoms with Crippen molar-refractivity contribution in [3.05, 3.63) is 11.3 Å².